The number of nitrogens with zero attached hydrogens (tertiary/aromatic N) is 1. The summed E-state index contributed by atoms with van der Waals surface area (Å²) >= 11 is 5.64. The van der Waals surface area contributed by atoms with Gasteiger partial charge in [-0.2, -0.15) is 0 Å². The van der Waals surface area contributed by atoms with E-state index in [4.69, 9.17) is 22.1 Å². The number of esters is 1. The number of carbonyl (C=O) groups excluding carboxylic acids is 3. The van der Waals surface area contributed by atoms with Gasteiger partial charge in [-0.3, -0.25) is 9.59 Å². The Labute approximate surface area is 142 Å². The molecule has 0 aliphatic carbocycles. The molecule has 2 amide bonds. The molecule has 0 spiro atoms. The first kappa shape index (κ1) is 17.4. The quantitative estimate of drug-likeness (QED) is 0.634. The van der Waals surface area contributed by atoms with Crippen LogP contribution in [0.1, 0.15) is 27.6 Å². The van der Waals surface area contributed by atoms with E-state index in [1.165, 1.54) is 49.5 Å². The van der Waals surface area contributed by atoms with Gasteiger partial charge in [0.2, 0.25) is 5.91 Å². The maximum absolute atomic E-state index is 12.0. The van der Waals surface area contributed by atoms with Crippen molar-refractivity contribution < 1.29 is 19.1 Å². The van der Waals surface area contributed by atoms with E-state index in [9.17, 15) is 14.4 Å². The minimum Gasteiger partial charge on any atom is -0.449 e. The number of halogens is 1. The predicted octanol–water partition coefficient (Wildman–Crippen LogP) is 2.02. The first-order valence-corrected chi connectivity index (χ1v) is 7.28. The monoisotopic (exact) mass is 347 g/mol. The lowest BCUT2D eigenvalue weighted by atomic mass is 10.2. The maximum Gasteiger partial charge on any atom is 0.340 e. The van der Waals surface area contributed by atoms with Crippen LogP contribution in [-0.2, 0) is 9.53 Å². The number of primary amides is 1. The van der Waals surface area contributed by atoms with E-state index in [2.05, 4.69) is 10.3 Å². The van der Waals surface area contributed by atoms with E-state index in [0.717, 1.165) is 0 Å². The van der Waals surface area contributed by atoms with Crippen LogP contribution in [0.2, 0.25) is 5.15 Å². The van der Waals surface area contributed by atoms with Crippen LogP contribution in [0.5, 0.6) is 0 Å². The highest BCUT2D eigenvalue weighted by Gasteiger charge is 2.19. The largest absolute Gasteiger partial charge is 0.449 e. The van der Waals surface area contributed by atoms with Crippen molar-refractivity contribution >= 4 is 35.1 Å². The first-order valence-electron chi connectivity index (χ1n) is 6.90. The Morgan fingerprint density at radius 3 is 2.29 bits per heavy atom. The van der Waals surface area contributed by atoms with Crippen molar-refractivity contribution in [2.75, 3.05) is 5.32 Å². The molecule has 0 unspecified atom stereocenters. The van der Waals surface area contributed by atoms with Gasteiger partial charge in [-0.1, -0.05) is 11.6 Å². The molecule has 8 heteroatoms. The summed E-state index contributed by atoms with van der Waals surface area (Å²) in [7, 11) is 0. The van der Waals surface area contributed by atoms with Gasteiger partial charge in [-0.05, 0) is 43.3 Å². The Balaban J connectivity index is 1.95. The van der Waals surface area contributed by atoms with Gasteiger partial charge < -0.3 is 15.8 Å². The third-order valence-corrected chi connectivity index (χ3v) is 3.28. The van der Waals surface area contributed by atoms with Gasteiger partial charge in [0, 0.05) is 17.4 Å². The summed E-state index contributed by atoms with van der Waals surface area (Å²) in [4.78, 5) is 38.7. The SMILES string of the molecule is C[C@H](OC(=O)c1ccc(Cl)nc1)C(=O)Nc1ccc(C(N)=O)cc1. The van der Waals surface area contributed by atoms with Crippen molar-refractivity contribution in [3.63, 3.8) is 0 Å². The number of carbonyl (C=O) groups is 3. The molecule has 24 heavy (non-hydrogen) atoms. The van der Waals surface area contributed by atoms with Crippen LogP contribution in [-0.4, -0.2) is 28.9 Å². The number of pyridine rings is 1. The van der Waals surface area contributed by atoms with E-state index in [1.807, 2.05) is 0 Å². The molecule has 2 aromatic rings. The Morgan fingerprint density at radius 2 is 1.75 bits per heavy atom. The average molecular weight is 348 g/mol. The molecule has 1 aromatic carbocycles. The summed E-state index contributed by atoms with van der Waals surface area (Å²) in [5, 5.41) is 2.82. The van der Waals surface area contributed by atoms with Gasteiger partial charge in [0.1, 0.15) is 5.15 Å². The molecule has 0 aliphatic heterocycles. The van der Waals surface area contributed by atoms with Crippen LogP contribution >= 0.6 is 11.6 Å². The van der Waals surface area contributed by atoms with Gasteiger partial charge in [0.15, 0.2) is 6.10 Å². The molecule has 0 fully saturated rings. The highest BCUT2D eigenvalue weighted by atomic mass is 35.5. The topological polar surface area (TPSA) is 111 Å². The highest BCUT2D eigenvalue weighted by Crippen LogP contribution is 2.11. The molecule has 124 valence electrons. The molecule has 3 N–H and O–H groups in total. The molecule has 2 rings (SSSR count). The smallest absolute Gasteiger partial charge is 0.340 e. The molecule has 0 bridgehead atoms. The zero-order chi connectivity index (χ0) is 17.7. The van der Waals surface area contributed by atoms with E-state index < -0.39 is 23.9 Å². The Bertz CT molecular complexity index is 760. The zero-order valence-corrected chi connectivity index (χ0v) is 13.4. The average Bonchev–Trinajstić information content (AvgIpc) is 2.55. The summed E-state index contributed by atoms with van der Waals surface area (Å²) in [6, 6.07) is 8.90. The van der Waals surface area contributed by atoms with E-state index in [-0.39, 0.29) is 10.7 Å². The molecule has 0 saturated carbocycles. The van der Waals surface area contributed by atoms with Gasteiger partial charge >= 0.3 is 5.97 Å². The van der Waals surface area contributed by atoms with Gasteiger partial charge in [-0.15, -0.1) is 0 Å². The maximum atomic E-state index is 12.0. The molecule has 1 aromatic heterocycles. The van der Waals surface area contributed by atoms with E-state index in [0.29, 0.717) is 11.3 Å². The standard InChI is InChI=1S/C16H14ClN3O4/c1-9(24-16(23)11-4-7-13(17)19-8-11)15(22)20-12-5-2-10(3-6-12)14(18)21/h2-9H,1H3,(H2,18,21)(H,20,22)/t9-/m0/s1. The van der Waals surface area contributed by atoms with Crippen LogP contribution in [0.3, 0.4) is 0 Å². The third kappa shape index (κ3) is 4.53. The fraction of sp³-hybridized carbons (Fsp3) is 0.125. The molecular weight excluding hydrogens is 334 g/mol. The summed E-state index contributed by atoms with van der Waals surface area (Å²) in [5.41, 5.74) is 6.09. The lowest BCUT2D eigenvalue weighted by molar-refractivity contribution is -0.123. The molecule has 1 atom stereocenters. The second kappa shape index (κ2) is 7.56. The predicted molar refractivity (Wildman–Crippen MR) is 87.7 cm³/mol. The number of rotatable bonds is 5. The molecule has 0 radical (unpaired) electrons. The van der Waals surface area contributed by atoms with Crippen LogP contribution in [0.15, 0.2) is 42.6 Å². The second-order valence-corrected chi connectivity index (χ2v) is 5.24. The fourth-order valence-electron chi connectivity index (χ4n) is 1.74. The van der Waals surface area contributed by atoms with Gasteiger partial charge in [0.25, 0.3) is 5.91 Å². The van der Waals surface area contributed by atoms with Crippen molar-refractivity contribution in [1.82, 2.24) is 4.98 Å². The Morgan fingerprint density at radius 1 is 1.12 bits per heavy atom. The van der Waals surface area contributed by atoms with E-state index in [1.54, 1.807) is 0 Å². The Hall–Kier alpha value is -2.93. The number of anilines is 1. The number of hydrogen-bond acceptors (Lipinski definition) is 5. The van der Waals surface area contributed by atoms with Crippen LogP contribution < -0.4 is 11.1 Å². The zero-order valence-electron chi connectivity index (χ0n) is 12.7. The van der Waals surface area contributed by atoms with Crippen molar-refractivity contribution in [2.45, 2.75) is 13.0 Å². The minimum atomic E-state index is -1.02. The second-order valence-electron chi connectivity index (χ2n) is 4.85. The van der Waals surface area contributed by atoms with Crippen molar-refractivity contribution in [3.8, 4) is 0 Å². The molecule has 7 nitrogen and oxygen atoms in total. The van der Waals surface area contributed by atoms with Gasteiger partial charge in [-0.25, -0.2) is 9.78 Å². The highest BCUT2D eigenvalue weighted by molar-refractivity contribution is 6.29. The number of amides is 2. The lowest BCUT2D eigenvalue weighted by Crippen LogP contribution is -2.30. The first-order chi connectivity index (χ1) is 11.4. The summed E-state index contributed by atoms with van der Waals surface area (Å²) in [5.74, 6) is -1.77. The van der Waals surface area contributed by atoms with Crippen LogP contribution in [0.25, 0.3) is 0 Å². The summed E-state index contributed by atoms with van der Waals surface area (Å²) < 4.78 is 5.06. The van der Waals surface area contributed by atoms with Crippen LogP contribution in [0, 0.1) is 0 Å². The van der Waals surface area contributed by atoms with Crippen molar-refractivity contribution in [3.05, 3.63) is 58.9 Å². The molecular formula is C16H14ClN3O4. The molecule has 1 heterocycles. The number of hydrogen-bond donors (Lipinski definition) is 2. The number of benzene rings is 1. The van der Waals surface area contributed by atoms with Crippen molar-refractivity contribution in [2.24, 2.45) is 5.73 Å². The number of nitrogens with two attached hydrogens (primary N) is 1. The lowest BCUT2D eigenvalue weighted by Gasteiger charge is -2.13. The normalized spacial score (nSPS) is 11.4. The number of nitrogens with one attached hydrogen (secondary N) is 1. The number of ether oxygens (including phenoxy) is 1. The summed E-state index contributed by atoms with van der Waals surface area (Å²) in [6.45, 7) is 1.44. The summed E-state index contributed by atoms with van der Waals surface area (Å²) in [6.07, 6.45) is 0.238. The van der Waals surface area contributed by atoms with Crippen LogP contribution in [0.4, 0.5) is 5.69 Å². The minimum absolute atomic E-state index is 0.185. The third-order valence-electron chi connectivity index (χ3n) is 3.05. The van der Waals surface area contributed by atoms with Crippen molar-refractivity contribution in [1.29, 1.82) is 0 Å². The molecule has 0 saturated heterocycles. The number of aromatic nitrogens is 1. The van der Waals surface area contributed by atoms with Gasteiger partial charge in [0.05, 0.1) is 5.56 Å². The van der Waals surface area contributed by atoms with E-state index >= 15 is 0 Å². The fourth-order valence-corrected chi connectivity index (χ4v) is 1.85. The Kier molecular flexibility index (Phi) is 5.49. The molecule has 0 aliphatic rings.